The van der Waals surface area contributed by atoms with E-state index in [9.17, 15) is 8.78 Å². The zero-order valence-corrected chi connectivity index (χ0v) is 10.6. The molecular weight excluding hydrogens is 254 g/mol. The highest BCUT2D eigenvalue weighted by molar-refractivity contribution is 5.36. The first-order valence-corrected chi connectivity index (χ1v) is 6.33. The summed E-state index contributed by atoms with van der Waals surface area (Å²) in [6.45, 7) is 0.610. The Bertz CT molecular complexity index is 409. The van der Waals surface area contributed by atoms with Crippen molar-refractivity contribution in [1.29, 1.82) is 0 Å². The average molecular weight is 272 g/mol. The van der Waals surface area contributed by atoms with Crippen LogP contribution in [0.25, 0.3) is 0 Å². The highest BCUT2D eigenvalue weighted by Crippen LogP contribution is 2.37. The monoisotopic (exact) mass is 272 g/mol. The Morgan fingerprint density at radius 1 is 1.11 bits per heavy atom. The van der Waals surface area contributed by atoms with Crippen molar-refractivity contribution < 1.29 is 8.78 Å². The fourth-order valence-electron chi connectivity index (χ4n) is 2.27. The van der Waals surface area contributed by atoms with Gasteiger partial charge in [-0.15, -0.1) is 0 Å². The summed E-state index contributed by atoms with van der Waals surface area (Å²) < 4.78 is 26.0. The van der Waals surface area contributed by atoms with Crippen molar-refractivity contribution in [3.8, 4) is 0 Å². The van der Waals surface area contributed by atoms with Crippen molar-refractivity contribution in [2.75, 3.05) is 23.3 Å². The SMILES string of the molecule is Nc1nc(N)nc(NCCC2CCC(F)(F)CC2)n1. The van der Waals surface area contributed by atoms with Gasteiger partial charge in [-0.3, -0.25) is 0 Å². The van der Waals surface area contributed by atoms with Crippen molar-refractivity contribution >= 4 is 17.8 Å². The van der Waals surface area contributed by atoms with Gasteiger partial charge in [-0.25, -0.2) is 8.78 Å². The van der Waals surface area contributed by atoms with Gasteiger partial charge in [0.2, 0.25) is 23.8 Å². The van der Waals surface area contributed by atoms with Crippen molar-refractivity contribution in [2.45, 2.75) is 38.0 Å². The molecule has 0 bridgehead atoms. The zero-order chi connectivity index (χ0) is 13.9. The number of alkyl halides is 2. The summed E-state index contributed by atoms with van der Waals surface area (Å²) in [4.78, 5) is 11.4. The summed E-state index contributed by atoms with van der Waals surface area (Å²) in [5.41, 5.74) is 10.9. The first kappa shape index (κ1) is 13.7. The molecule has 0 aromatic carbocycles. The lowest BCUT2D eigenvalue weighted by molar-refractivity contribution is -0.0461. The molecule has 6 nitrogen and oxygen atoms in total. The van der Waals surface area contributed by atoms with Crippen LogP contribution in [0.15, 0.2) is 0 Å². The molecule has 106 valence electrons. The first-order valence-electron chi connectivity index (χ1n) is 6.33. The second kappa shape index (κ2) is 5.50. The van der Waals surface area contributed by atoms with Crippen LogP contribution in [0.3, 0.4) is 0 Å². The number of rotatable bonds is 4. The van der Waals surface area contributed by atoms with Gasteiger partial charge in [-0.2, -0.15) is 15.0 Å². The summed E-state index contributed by atoms with van der Waals surface area (Å²) in [5.74, 6) is -1.70. The maximum atomic E-state index is 13.0. The molecule has 0 aliphatic heterocycles. The molecule has 2 rings (SSSR count). The number of aromatic nitrogens is 3. The van der Waals surface area contributed by atoms with E-state index in [1.165, 1.54) is 0 Å². The van der Waals surface area contributed by atoms with Gasteiger partial charge in [0.1, 0.15) is 0 Å². The average Bonchev–Trinajstić information content (AvgIpc) is 2.30. The molecule has 1 heterocycles. The van der Waals surface area contributed by atoms with E-state index in [2.05, 4.69) is 20.3 Å². The topological polar surface area (TPSA) is 103 Å². The van der Waals surface area contributed by atoms with Gasteiger partial charge in [0.05, 0.1) is 0 Å². The molecule has 0 spiro atoms. The Kier molecular flexibility index (Phi) is 3.96. The van der Waals surface area contributed by atoms with Crippen molar-refractivity contribution in [1.82, 2.24) is 15.0 Å². The molecule has 1 aromatic heterocycles. The fraction of sp³-hybridized carbons (Fsp3) is 0.727. The van der Waals surface area contributed by atoms with Gasteiger partial charge in [0.25, 0.3) is 0 Å². The van der Waals surface area contributed by atoms with Gasteiger partial charge >= 0.3 is 0 Å². The smallest absolute Gasteiger partial charge is 0.248 e. The molecule has 5 N–H and O–H groups in total. The van der Waals surface area contributed by atoms with Gasteiger partial charge < -0.3 is 16.8 Å². The molecular formula is C11H18F2N6. The Morgan fingerprint density at radius 2 is 1.68 bits per heavy atom. The summed E-state index contributed by atoms with van der Waals surface area (Å²) in [5, 5.41) is 2.98. The standard InChI is InChI=1S/C11H18F2N6/c12-11(13)4-1-7(2-5-11)3-6-16-10-18-8(14)17-9(15)19-10/h7H,1-6H2,(H5,14,15,16,17,18,19). The number of nitrogens with two attached hydrogens (primary N) is 2. The van der Waals surface area contributed by atoms with E-state index in [4.69, 9.17) is 11.5 Å². The lowest BCUT2D eigenvalue weighted by atomic mass is 9.85. The van der Waals surface area contributed by atoms with E-state index < -0.39 is 5.92 Å². The number of hydrogen-bond donors (Lipinski definition) is 3. The van der Waals surface area contributed by atoms with Gasteiger partial charge in [0.15, 0.2) is 0 Å². The molecule has 19 heavy (non-hydrogen) atoms. The van der Waals surface area contributed by atoms with Crippen LogP contribution in [0.2, 0.25) is 0 Å². The van der Waals surface area contributed by atoms with Crippen molar-refractivity contribution in [3.05, 3.63) is 0 Å². The van der Waals surface area contributed by atoms with E-state index in [0.29, 0.717) is 31.3 Å². The van der Waals surface area contributed by atoms with E-state index in [-0.39, 0.29) is 24.7 Å². The number of anilines is 3. The molecule has 0 radical (unpaired) electrons. The van der Waals surface area contributed by atoms with Crippen LogP contribution in [0, 0.1) is 5.92 Å². The normalized spacial score (nSPS) is 19.3. The second-order valence-corrected chi connectivity index (χ2v) is 4.89. The predicted octanol–water partition coefficient (Wildman–Crippen LogP) is 1.66. The number of halogens is 2. The minimum absolute atomic E-state index is 0.0106. The molecule has 1 aliphatic rings. The quantitative estimate of drug-likeness (QED) is 0.770. The van der Waals surface area contributed by atoms with E-state index in [0.717, 1.165) is 6.42 Å². The Balaban J connectivity index is 1.75. The molecule has 1 fully saturated rings. The lowest BCUT2D eigenvalue weighted by Gasteiger charge is -2.28. The number of nitrogens with one attached hydrogen (secondary N) is 1. The zero-order valence-electron chi connectivity index (χ0n) is 10.6. The predicted molar refractivity (Wildman–Crippen MR) is 68.7 cm³/mol. The van der Waals surface area contributed by atoms with Gasteiger partial charge in [-0.1, -0.05) is 0 Å². The number of nitrogen functional groups attached to an aromatic ring is 2. The lowest BCUT2D eigenvalue weighted by Crippen LogP contribution is -2.25. The van der Waals surface area contributed by atoms with E-state index >= 15 is 0 Å². The third kappa shape index (κ3) is 4.15. The van der Waals surface area contributed by atoms with Crippen LogP contribution >= 0.6 is 0 Å². The summed E-state index contributed by atoms with van der Waals surface area (Å²) in [6, 6.07) is 0. The van der Waals surface area contributed by atoms with Crippen LogP contribution in [-0.4, -0.2) is 27.4 Å². The van der Waals surface area contributed by atoms with Crippen molar-refractivity contribution in [3.63, 3.8) is 0 Å². The van der Waals surface area contributed by atoms with Crippen LogP contribution in [0.5, 0.6) is 0 Å². The third-order valence-corrected chi connectivity index (χ3v) is 3.34. The molecule has 1 aromatic rings. The van der Waals surface area contributed by atoms with E-state index in [1.54, 1.807) is 0 Å². The van der Waals surface area contributed by atoms with Crippen LogP contribution < -0.4 is 16.8 Å². The molecule has 8 heteroatoms. The molecule has 0 atom stereocenters. The van der Waals surface area contributed by atoms with Gasteiger partial charge in [0, 0.05) is 19.4 Å². The number of hydrogen-bond acceptors (Lipinski definition) is 6. The van der Waals surface area contributed by atoms with Crippen LogP contribution in [0.1, 0.15) is 32.1 Å². The Hall–Kier alpha value is -1.73. The Morgan fingerprint density at radius 3 is 2.26 bits per heavy atom. The fourth-order valence-corrected chi connectivity index (χ4v) is 2.27. The highest BCUT2D eigenvalue weighted by Gasteiger charge is 2.34. The molecule has 0 saturated heterocycles. The highest BCUT2D eigenvalue weighted by atomic mass is 19.3. The van der Waals surface area contributed by atoms with Crippen LogP contribution in [-0.2, 0) is 0 Å². The first-order chi connectivity index (χ1) is 8.94. The largest absolute Gasteiger partial charge is 0.368 e. The molecule has 1 aliphatic carbocycles. The second-order valence-electron chi connectivity index (χ2n) is 4.89. The summed E-state index contributed by atoms with van der Waals surface area (Å²) in [7, 11) is 0. The molecule has 0 unspecified atom stereocenters. The summed E-state index contributed by atoms with van der Waals surface area (Å²) in [6.07, 6.45) is 1.92. The third-order valence-electron chi connectivity index (χ3n) is 3.34. The maximum absolute atomic E-state index is 13.0. The minimum atomic E-state index is -2.47. The van der Waals surface area contributed by atoms with E-state index in [1.807, 2.05) is 0 Å². The maximum Gasteiger partial charge on any atom is 0.248 e. The molecule has 0 amide bonds. The summed E-state index contributed by atoms with van der Waals surface area (Å²) >= 11 is 0. The minimum Gasteiger partial charge on any atom is -0.368 e. The Labute approximate surface area is 110 Å². The van der Waals surface area contributed by atoms with Gasteiger partial charge in [-0.05, 0) is 25.2 Å². The molecule has 1 saturated carbocycles. The van der Waals surface area contributed by atoms with Crippen LogP contribution in [0.4, 0.5) is 26.6 Å². The van der Waals surface area contributed by atoms with Crippen molar-refractivity contribution in [2.24, 2.45) is 5.92 Å². The number of nitrogens with zero attached hydrogens (tertiary/aromatic N) is 3.